The number of nitrogens with zero attached hydrogens (tertiary/aromatic N) is 4. The second-order valence-corrected chi connectivity index (χ2v) is 7.50. The van der Waals surface area contributed by atoms with Crippen LogP contribution in [-0.2, 0) is 16.6 Å². The molecule has 26 heavy (non-hydrogen) atoms. The van der Waals surface area contributed by atoms with Crippen molar-refractivity contribution in [3.63, 3.8) is 0 Å². The van der Waals surface area contributed by atoms with Crippen LogP contribution < -0.4 is 4.90 Å². The van der Waals surface area contributed by atoms with Crippen LogP contribution in [0.25, 0.3) is 0 Å². The van der Waals surface area contributed by atoms with Crippen molar-refractivity contribution in [3.05, 3.63) is 29.0 Å². The van der Waals surface area contributed by atoms with Crippen LogP contribution in [0.2, 0.25) is 0 Å². The molecule has 0 saturated heterocycles. The quantitative estimate of drug-likeness (QED) is 0.750. The topological polar surface area (TPSA) is 77.3 Å². The van der Waals surface area contributed by atoms with Crippen LogP contribution >= 0.6 is 11.3 Å². The van der Waals surface area contributed by atoms with Gasteiger partial charge in [0.2, 0.25) is 0 Å². The molecule has 0 unspecified atom stereocenters. The highest BCUT2D eigenvalue weighted by Gasteiger charge is 2.33. The summed E-state index contributed by atoms with van der Waals surface area (Å²) in [6.07, 6.45) is 7.58. The zero-order chi connectivity index (χ0) is 18.7. The van der Waals surface area contributed by atoms with Crippen LogP contribution in [0.4, 0.5) is 5.13 Å². The predicted octanol–water partition coefficient (Wildman–Crippen LogP) is 3.10. The third kappa shape index (κ3) is 3.80. The van der Waals surface area contributed by atoms with Crippen molar-refractivity contribution in [1.29, 1.82) is 0 Å². The summed E-state index contributed by atoms with van der Waals surface area (Å²) in [4.78, 5) is 31.6. The number of thiazole rings is 1. The normalized spacial score (nSPS) is 16.3. The van der Waals surface area contributed by atoms with Crippen LogP contribution in [0.3, 0.4) is 0 Å². The van der Waals surface area contributed by atoms with E-state index in [1.54, 1.807) is 36.7 Å². The first-order valence-corrected chi connectivity index (χ1v) is 9.79. The molecule has 7 nitrogen and oxygen atoms in total. The van der Waals surface area contributed by atoms with Crippen molar-refractivity contribution < 1.29 is 14.3 Å². The Morgan fingerprint density at radius 2 is 2.08 bits per heavy atom. The second kappa shape index (κ2) is 7.99. The molecule has 2 aromatic heterocycles. The number of hydrogen-bond acceptors (Lipinski definition) is 6. The molecule has 8 heteroatoms. The molecule has 0 N–H and O–H groups in total. The SMILES string of the molecule is Cc1c(C(=O)O[C@@H](C)C(=O)N(c2nccs2)C2CCCCC2)cnn1C. The Morgan fingerprint density at radius 1 is 1.35 bits per heavy atom. The molecule has 2 aromatic rings. The van der Waals surface area contributed by atoms with Gasteiger partial charge in [0, 0.05) is 30.4 Å². The summed E-state index contributed by atoms with van der Waals surface area (Å²) in [7, 11) is 1.76. The summed E-state index contributed by atoms with van der Waals surface area (Å²) in [5.41, 5.74) is 1.09. The first-order chi connectivity index (χ1) is 12.5. The molecule has 3 rings (SSSR count). The van der Waals surface area contributed by atoms with Crippen LogP contribution in [0.15, 0.2) is 17.8 Å². The van der Waals surface area contributed by atoms with Crippen molar-refractivity contribution in [3.8, 4) is 0 Å². The minimum Gasteiger partial charge on any atom is -0.449 e. The van der Waals surface area contributed by atoms with Crippen molar-refractivity contribution in [2.24, 2.45) is 7.05 Å². The van der Waals surface area contributed by atoms with Crippen molar-refractivity contribution in [1.82, 2.24) is 14.8 Å². The van der Waals surface area contributed by atoms with E-state index in [1.807, 2.05) is 5.38 Å². The molecule has 0 aromatic carbocycles. The highest BCUT2D eigenvalue weighted by Crippen LogP contribution is 2.29. The Balaban J connectivity index is 1.75. The number of carbonyl (C=O) groups is 2. The number of aryl methyl sites for hydroxylation is 1. The van der Waals surface area contributed by atoms with E-state index in [1.165, 1.54) is 24.0 Å². The maximum Gasteiger partial charge on any atom is 0.342 e. The maximum absolute atomic E-state index is 13.1. The van der Waals surface area contributed by atoms with Gasteiger partial charge < -0.3 is 4.74 Å². The van der Waals surface area contributed by atoms with Gasteiger partial charge in [-0.1, -0.05) is 19.3 Å². The summed E-state index contributed by atoms with van der Waals surface area (Å²) in [5.74, 6) is -0.749. The van der Waals surface area contributed by atoms with Gasteiger partial charge in [-0.25, -0.2) is 9.78 Å². The Kier molecular flexibility index (Phi) is 5.70. The fourth-order valence-corrected chi connectivity index (χ4v) is 3.99. The number of hydrogen-bond donors (Lipinski definition) is 0. The highest BCUT2D eigenvalue weighted by atomic mass is 32.1. The standard InChI is InChI=1S/C18H24N4O3S/c1-12-15(11-20-21(12)3)17(24)25-13(2)16(23)22(18-19-9-10-26-18)14-7-5-4-6-8-14/h9-11,13-14H,4-8H2,1-3H3/t13-/m0/s1. The average molecular weight is 376 g/mol. The van der Waals surface area contributed by atoms with Gasteiger partial charge in [-0.15, -0.1) is 11.3 Å². The number of amides is 1. The van der Waals surface area contributed by atoms with E-state index in [0.717, 1.165) is 25.7 Å². The van der Waals surface area contributed by atoms with E-state index in [0.29, 0.717) is 16.4 Å². The van der Waals surface area contributed by atoms with Crippen molar-refractivity contribution in [2.75, 3.05) is 4.90 Å². The fraction of sp³-hybridized carbons (Fsp3) is 0.556. The highest BCUT2D eigenvalue weighted by molar-refractivity contribution is 7.13. The number of esters is 1. The fourth-order valence-electron chi connectivity index (χ4n) is 3.27. The molecule has 1 fully saturated rings. The molecule has 0 spiro atoms. The molecule has 0 bridgehead atoms. The lowest BCUT2D eigenvalue weighted by atomic mass is 9.94. The maximum atomic E-state index is 13.1. The molecular formula is C18H24N4O3S. The third-order valence-electron chi connectivity index (χ3n) is 4.89. The summed E-state index contributed by atoms with van der Waals surface area (Å²) in [5, 5.41) is 6.57. The molecule has 1 atom stereocenters. The van der Waals surface area contributed by atoms with Gasteiger partial charge in [-0.2, -0.15) is 5.10 Å². The third-order valence-corrected chi connectivity index (χ3v) is 5.66. The Morgan fingerprint density at radius 3 is 2.65 bits per heavy atom. The van der Waals surface area contributed by atoms with Crippen molar-refractivity contribution in [2.45, 2.75) is 58.1 Å². The van der Waals surface area contributed by atoms with Crippen LogP contribution in [-0.4, -0.2) is 38.8 Å². The van der Waals surface area contributed by atoms with Crippen LogP contribution in [0, 0.1) is 6.92 Å². The summed E-state index contributed by atoms with van der Waals surface area (Å²) >= 11 is 1.43. The zero-order valence-corrected chi connectivity index (χ0v) is 16.2. The minimum absolute atomic E-state index is 0.115. The largest absolute Gasteiger partial charge is 0.449 e. The van der Waals surface area contributed by atoms with Gasteiger partial charge in [0.1, 0.15) is 5.56 Å². The van der Waals surface area contributed by atoms with Crippen LogP contribution in [0.1, 0.15) is 55.1 Å². The monoisotopic (exact) mass is 376 g/mol. The number of ether oxygens (including phenoxy) is 1. The molecule has 2 heterocycles. The Hall–Kier alpha value is -2.22. The van der Waals surface area contributed by atoms with E-state index in [2.05, 4.69) is 10.1 Å². The number of carbonyl (C=O) groups excluding carboxylic acids is 2. The lowest BCUT2D eigenvalue weighted by Crippen LogP contribution is -2.47. The Bertz CT molecular complexity index is 766. The second-order valence-electron chi connectivity index (χ2n) is 6.63. The molecule has 140 valence electrons. The smallest absolute Gasteiger partial charge is 0.342 e. The first-order valence-electron chi connectivity index (χ1n) is 8.91. The Labute approximate surface area is 157 Å². The molecular weight excluding hydrogens is 352 g/mol. The first kappa shape index (κ1) is 18.6. The van der Waals surface area contributed by atoms with E-state index in [4.69, 9.17) is 4.74 Å². The van der Waals surface area contributed by atoms with E-state index >= 15 is 0 Å². The predicted molar refractivity (Wildman–Crippen MR) is 99.3 cm³/mol. The van der Waals surface area contributed by atoms with Gasteiger partial charge in [0.25, 0.3) is 5.91 Å². The van der Waals surface area contributed by atoms with E-state index in [-0.39, 0.29) is 11.9 Å². The molecule has 1 aliphatic rings. The van der Waals surface area contributed by atoms with Crippen LogP contribution in [0.5, 0.6) is 0 Å². The lowest BCUT2D eigenvalue weighted by molar-refractivity contribution is -0.127. The number of aromatic nitrogens is 3. The van der Waals surface area contributed by atoms with E-state index < -0.39 is 12.1 Å². The summed E-state index contributed by atoms with van der Waals surface area (Å²) in [6.45, 7) is 3.41. The molecule has 1 amide bonds. The molecule has 1 saturated carbocycles. The van der Waals surface area contributed by atoms with Gasteiger partial charge in [0.05, 0.1) is 6.20 Å². The summed E-state index contributed by atoms with van der Waals surface area (Å²) in [6, 6.07) is 0.115. The molecule has 0 aliphatic heterocycles. The molecule has 1 aliphatic carbocycles. The van der Waals surface area contributed by atoms with E-state index in [9.17, 15) is 9.59 Å². The average Bonchev–Trinajstić information content (AvgIpc) is 3.27. The zero-order valence-electron chi connectivity index (χ0n) is 15.3. The van der Waals surface area contributed by atoms with Crippen molar-refractivity contribution >= 4 is 28.3 Å². The van der Waals surface area contributed by atoms with Gasteiger partial charge >= 0.3 is 5.97 Å². The minimum atomic E-state index is -0.882. The summed E-state index contributed by atoms with van der Waals surface area (Å²) < 4.78 is 7.06. The number of anilines is 1. The lowest BCUT2D eigenvalue weighted by Gasteiger charge is -2.33. The number of rotatable bonds is 5. The van der Waals surface area contributed by atoms with Gasteiger partial charge in [-0.05, 0) is 26.7 Å². The van der Waals surface area contributed by atoms with Gasteiger partial charge in [-0.3, -0.25) is 14.4 Å². The molecule has 0 radical (unpaired) electrons. The van der Waals surface area contributed by atoms with Gasteiger partial charge in [0.15, 0.2) is 11.2 Å².